The maximum atomic E-state index is 11.8. The van der Waals surface area contributed by atoms with Crippen molar-refractivity contribution in [2.75, 3.05) is 39.4 Å². The van der Waals surface area contributed by atoms with Crippen molar-refractivity contribution < 1.29 is 14.9 Å². The fourth-order valence-corrected chi connectivity index (χ4v) is 4.82. The lowest BCUT2D eigenvalue weighted by Gasteiger charge is -2.48. The Morgan fingerprint density at radius 1 is 1.00 bits per heavy atom. The molecule has 2 aromatic carbocycles. The van der Waals surface area contributed by atoms with Crippen LogP contribution < -0.4 is 4.74 Å². The van der Waals surface area contributed by atoms with E-state index in [-0.39, 0.29) is 12.6 Å². The molecule has 0 bridgehead atoms. The molecule has 0 unspecified atom stereocenters. The maximum Gasteiger partial charge on any atom is 0.119 e. The number of nitrogens with zero attached hydrogens (tertiary/aromatic N) is 2. The highest BCUT2D eigenvalue weighted by molar-refractivity contribution is 5.29. The van der Waals surface area contributed by atoms with Crippen LogP contribution in [0.2, 0.25) is 0 Å². The third kappa shape index (κ3) is 4.64. The second kappa shape index (κ2) is 9.26. The van der Waals surface area contributed by atoms with Crippen molar-refractivity contribution in [2.45, 2.75) is 37.5 Å². The van der Waals surface area contributed by atoms with Crippen LogP contribution in [0.15, 0.2) is 54.6 Å². The zero-order valence-electron chi connectivity index (χ0n) is 17.0. The van der Waals surface area contributed by atoms with E-state index in [0.29, 0.717) is 6.61 Å². The van der Waals surface area contributed by atoms with Gasteiger partial charge in [0, 0.05) is 19.6 Å². The maximum absolute atomic E-state index is 11.8. The van der Waals surface area contributed by atoms with Gasteiger partial charge >= 0.3 is 0 Å². The predicted octanol–water partition coefficient (Wildman–Crippen LogP) is 2.62. The summed E-state index contributed by atoms with van der Waals surface area (Å²) in [7, 11) is 0. The van der Waals surface area contributed by atoms with Gasteiger partial charge in [-0.05, 0) is 55.6 Å². The summed E-state index contributed by atoms with van der Waals surface area (Å²) >= 11 is 0. The van der Waals surface area contributed by atoms with Crippen LogP contribution in [0, 0.1) is 0 Å². The van der Waals surface area contributed by atoms with Gasteiger partial charge in [0.15, 0.2) is 0 Å². The zero-order chi connectivity index (χ0) is 20.1. The molecule has 2 aliphatic rings. The van der Waals surface area contributed by atoms with Crippen LogP contribution in [0.4, 0.5) is 0 Å². The number of hydrogen-bond donors (Lipinski definition) is 2. The number of aliphatic hydroxyl groups excluding tert-OH is 1. The molecule has 0 spiro atoms. The van der Waals surface area contributed by atoms with Gasteiger partial charge in [-0.3, -0.25) is 9.80 Å². The molecule has 5 heteroatoms. The highest BCUT2D eigenvalue weighted by atomic mass is 16.5. The lowest BCUT2D eigenvalue weighted by molar-refractivity contribution is -0.0959. The normalized spacial score (nSPS) is 25.9. The summed E-state index contributed by atoms with van der Waals surface area (Å²) in [4.78, 5) is 4.94. The fourth-order valence-electron chi connectivity index (χ4n) is 4.82. The van der Waals surface area contributed by atoms with Gasteiger partial charge in [-0.15, -0.1) is 0 Å². The van der Waals surface area contributed by atoms with E-state index in [2.05, 4.69) is 34.1 Å². The minimum atomic E-state index is -0.797. The van der Waals surface area contributed by atoms with E-state index in [0.717, 1.165) is 50.5 Å². The molecule has 2 fully saturated rings. The number of likely N-dealkylation sites (tertiary alicyclic amines) is 2. The first-order chi connectivity index (χ1) is 14.2. The first-order valence-corrected chi connectivity index (χ1v) is 10.8. The van der Waals surface area contributed by atoms with Crippen LogP contribution in [0.5, 0.6) is 5.75 Å². The number of piperidine rings is 1. The Bertz CT molecular complexity index is 779. The molecule has 5 nitrogen and oxygen atoms in total. The summed E-state index contributed by atoms with van der Waals surface area (Å²) in [6.45, 7) is 5.02. The monoisotopic (exact) mass is 396 g/mol. The van der Waals surface area contributed by atoms with Gasteiger partial charge in [-0.2, -0.15) is 0 Å². The molecule has 2 aliphatic heterocycles. The van der Waals surface area contributed by atoms with Gasteiger partial charge in [0.2, 0.25) is 0 Å². The van der Waals surface area contributed by atoms with Crippen molar-refractivity contribution in [2.24, 2.45) is 0 Å². The molecule has 0 saturated carbocycles. The Hall–Kier alpha value is -1.92. The van der Waals surface area contributed by atoms with Gasteiger partial charge < -0.3 is 14.9 Å². The van der Waals surface area contributed by atoms with E-state index in [4.69, 9.17) is 9.84 Å². The van der Waals surface area contributed by atoms with Gasteiger partial charge in [0.1, 0.15) is 18.0 Å². The number of benzene rings is 2. The average molecular weight is 397 g/mol. The quantitative estimate of drug-likeness (QED) is 0.754. The Balaban J connectivity index is 1.50. The molecule has 0 aromatic heterocycles. The third-order valence-corrected chi connectivity index (χ3v) is 6.31. The van der Waals surface area contributed by atoms with Crippen LogP contribution in [-0.4, -0.2) is 65.4 Å². The average Bonchev–Trinajstić information content (AvgIpc) is 3.29. The number of ether oxygens (including phenoxy) is 1. The highest BCUT2D eigenvalue weighted by Gasteiger charge is 2.46. The molecule has 156 valence electrons. The number of hydrogen-bond acceptors (Lipinski definition) is 5. The van der Waals surface area contributed by atoms with Crippen LogP contribution in [-0.2, 0) is 12.1 Å². The zero-order valence-corrected chi connectivity index (χ0v) is 17.0. The Morgan fingerprint density at radius 3 is 2.55 bits per heavy atom. The molecule has 2 heterocycles. The molecule has 0 amide bonds. The Labute approximate surface area is 173 Å². The highest BCUT2D eigenvalue weighted by Crippen LogP contribution is 2.37. The molecule has 29 heavy (non-hydrogen) atoms. The summed E-state index contributed by atoms with van der Waals surface area (Å²) in [6, 6.07) is 18.4. The van der Waals surface area contributed by atoms with Crippen LogP contribution >= 0.6 is 0 Å². The van der Waals surface area contributed by atoms with Crippen LogP contribution in [0.3, 0.4) is 0 Å². The molecule has 2 saturated heterocycles. The largest absolute Gasteiger partial charge is 0.491 e. The second-order valence-corrected chi connectivity index (χ2v) is 8.25. The lowest BCUT2D eigenvalue weighted by Crippen LogP contribution is -2.60. The fraction of sp³-hybridized carbons (Fsp3) is 0.500. The number of rotatable bonds is 7. The van der Waals surface area contributed by atoms with E-state index < -0.39 is 5.60 Å². The van der Waals surface area contributed by atoms with E-state index in [1.165, 1.54) is 18.4 Å². The molecular formula is C24H32N2O3. The van der Waals surface area contributed by atoms with Crippen molar-refractivity contribution in [1.29, 1.82) is 0 Å². The van der Waals surface area contributed by atoms with E-state index in [9.17, 15) is 5.11 Å². The molecule has 2 atom stereocenters. The predicted molar refractivity (Wildman–Crippen MR) is 114 cm³/mol. The summed E-state index contributed by atoms with van der Waals surface area (Å²) in [5, 5.41) is 20.7. The minimum Gasteiger partial charge on any atom is -0.491 e. The standard InChI is InChI=1S/C24H32N2O3/c27-15-16-29-22-10-6-7-20(17-22)18-25-14-11-24(28,21-8-2-1-3-9-21)23(19-25)26-12-4-5-13-26/h1-3,6-10,17,23,27-28H,4-5,11-16,18-19H2/t23-,24+/m1/s1. The molecule has 2 aromatic rings. The molecule has 4 rings (SSSR count). The summed E-state index contributed by atoms with van der Waals surface area (Å²) in [6.07, 6.45) is 3.16. The third-order valence-electron chi connectivity index (χ3n) is 6.31. The van der Waals surface area contributed by atoms with Gasteiger partial charge in [0.25, 0.3) is 0 Å². The van der Waals surface area contributed by atoms with Gasteiger partial charge in [-0.1, -0.05) is 42.5 Å². The van der Waals surface area contributed by atoms with Crippen molar-refractivity contribution in [1.82, 2.24) is 9.80 Å². The summed E-state index contributed by atoms with van der Waals surface area (Å²) in [5.41, 5.74) is 1.44. The number of aliphatic hydroxyl groups is 2. The second-order valence-electron chi connectivity index (χ2n) is 8.25. The van der Waals surface area contributed by atoms with E-state index in [1.54, 1.807) is 0 Å². The van der Waals surface area contributed by atoms with Gasteiger partial charge in [-0.25, -0.2) is 0 Å². The van der Waals surface area contributed by atoms with Crippen molar-refractivity contribution in [3.63, 3.8) is 0 Å². The van der Waals surface area contributed by atoms with Crippen molar-refractivity contribution in [3.8, 4) is 5.75 Å². The van der Waals surface area contributed by atoms with E-state index in [1.807, 2.05) is 30.3 Å². The molecule has 2 N–H and O–H groups in total. The van der Waals surface area contributed by atoms with Crippen LogP contribution in [0.25, 0.3) is 0 Å². The van der Waals surface area contributed by atoms with E-state index >= 15 is 0 Å². The topological polar surface area (TPSA) is 56.2 Å². The molecule has 0 radical (unpaired) electrons. The SMILES string of the molecule is OCCOc1cccc(CN2CC[C@](O)(c3ccccc3)[C@H](N3CCCC3)C2)c1. The summed E-state index contributed by atoms with van der Waals surface area (Å²) in [5.74, 6) is 0.797. The molecule has 0 aliphatic carbocycles. The van der Waals surface area contributed by atoms with Crippen molar-refractivity contribution in [3.05, 3.63) is 65.7 Å². The van der Waals surface area contributed by atoms with Crippen molar-refractivity contribution >= 4 is 0 Å². The minimum absolute atomic E-state index is 0.0198. The molecular weight excluding hydrogens is 364 g/mol. The first-order valence-electron chi connectivity index (χ1n) is 10.8. The summed E-state index contributed by atoms with van der Waals surface area (Å²) < 4.78 is 5.56. The first kappa shape index (κ1) is 20.4. The van der Waals surface area contributed by atoms with Crippen LogP contribution in [0.1, 0.15) is 30.4 Å². The van der Waals surface area contributed by atoms with Gasteiger partial charge in [0.05, 0.1) is 12.6 Å². The Morgan fingerprint density at radius 2 is 1.79 bits per heavy atom. The Kier molecular flexibility index (Phi) is 6.50. The lowest BCUT2D eigenvalue weighted by atomic mass is 9.79. The smallest absolute Gasteiger partial charge is 0.119 e.